The van der Waals surface area contributed by atoms with E-state index in [0.717, 1.165) is 18.6 Å². The van der Waals surface area contributed by atoms with Gasteiger partial charge in [-0.2, -0.15) is 10.1 Å². The highest BCUT2D eigenvalue weighted by molar-refractivity contribution is 5.95. The molecule has 1 amide bonds. The number of piperidine rings is 1. The highest BCUT2D eigenvalue weighted by Crippen LogP contribution is 2.19. The molecule has 0 radical (unpaired) electrons. The normalized spacial score (nSPS) is 15.4. The molecule has 3 aromatic rings. The maximum absolute atomic E-state index is 12.4. The second kappa shape index (κ2) is 6.57. The average molecular weight is 370 g/mol. The minimum Gasteiger partial charge on any atom is -0.466 e. The Balaban J connectivity index is 1.43. The summed E-state index contributed by atoms with van der Waals surface area (Å²) >= 11 is 0. The quantitative estimate of drug-likeness (QED) is 0.718. The largest absolute Gasteiger partial charge is 0.466 e. The van der Waals surface area contributed by atoms with Crippen molar-refractivity contribution in [2.24, 2.45) is 7.05 Å². The van der Waals surface area contributed by atoms with E-state index in [4.69, 9.17) is 4.42 Å². The Bertz CT molecular complexity index is 1050. The summed E-state index contributed by atoms with van der Waals surface area (Å²) in [6.45, 7) is 5.01. The first-order valence-electron chi connectivity index (χ1n) is 8.97. The van der Waals surface area contributed by atoms with Crippen LogP contribution in [0.5, 0.6) is 0 Å². The minimum absolute atomic E-state index is 0.0792. The zero-order chi connectivity index (χ0) is 19.1. The predicted octanol–water partition coefficient (Wildman–Crippen LogP) is 1.27. The van der Waals surface area contributed by atoms with Gasteiger partial charge in [-0.1, -0.05) is 0 Å². The van der Waals surface area contributed by atoms with Crippen LogP contribution < -0.4 is 15.8 Å². The number of anilines is 1. The molecule has 0 bridgehead atoms. The summed E-state index contributed by atoms with van der Waals surface area (Å²) in [5, 5.41) is 7.64. The van der Waals surface area contributed by atoms with E-state index in [0.29, 0.717) is 41.4 Å². The molecule has 0 aliphatic carbocycles. The van der Waals surface area contributed by atoms with E-state index in [-0.39, 0.29) is 17.5 Å². The van der Waals surface area contributed by atoms with Crippen LogP contribution in [0.3, 0.4) is 0 Å². The molecule has 4 heterocycles. The van der Waals surface area contributed by atoms with Gasteiger partial charge in [-0.15, -0.1) is 0 Å². The maximum atomic E-state index is 12.4. The van der Waals surface area contributed by atoms with E-state index < -0.39 is 0 Å². The van der Waals surface area contributed by atoms with Gasteiger partial charge in [-0.25, -0.2) is 0 Å². The molecule has 1 saturated heterocycles. The third-order valence-corrected chi connectivity index (χ3v) is 5.00. The number of furan rings is 1. The van der Waals surface area contributed by atoms with Crippen molar-refractivity contribution in [3.63, 3.8) is 0 Å². The zero-order valence-electron chi connectivity index (χ0n) is 15.6. The molecule has 1 fully saturated rings. The first kappa shape index (κ1) is 17.3. The first-order chi connectivity index (χ1) is 12.9. The standard InChI is InChI=1S/C18H22N6O3/c1-10-8-13(11(2)27-10)16(25)20-12-4-6-24(7-5-12)18-21-15-14(17(26)22-18)9-19-23(15)3/h8-9,12H,4-7H2,1-3H3,(H,20,25)(H,21,22,26). The van der Waals surface area contributed by atoms with Crippen molar-refractivity contribution in [2.45, 2.75) is 32.7 Å². The summed E-state index contributed by atoms with van der Waals surface area (Å²) in [6.07, 6.45) is 3.07. The van der Waals surface area contributed by atoms with Crippen LogP contribution in [0.25, 0.3) is 11.0 Å². The van der Waals surface area contributed by atoms with Crippen LogP contribution in [0.15, 0.2) is 21.5 Å². The second-order valence-electron chi connectivity index (χ2n) is 6.96. The predicted molar refractivity (Wildman–Crippen MR) is 100 cm³/mol. The Morgan fingerprint density at radius 3 is 2.74 bits per heavy atom. The van der Waals surface area contributed by atoms with Crippen molar-refractivity contribution in [3.8, 4) is 0 Å². The molecule has 0 aromatic carbocycles. The number of carbonyl (C=O) groups is 1. The van der Waals surface area contributed by atoms with E-state index in [1.807, 2.05) is 11.8 Å². The molecule has 9 nitrogen and oxygen atoms in total. The Morgan fingerprint density at radius 1 is 1.33 bits per heavy atom. The lowest BCUT2D eigenvalue weighted by atomic mass is 10.0. The minimum atomic E-state index is -0.190. The molecule has 0 saturated carbocycles. The molecule has 0 unspecified atom stereocenters. The lowest BCUT2D eigenvalue weighted by molar-refractivity contribution is 0.0929. The van der Waals surface area contributed by atoms with Crippen molar-refractivity contribution >= 4 is 22.9 Å². The van der Waals surface area contributed by atoms with Crippen molar-refractivity contribution in [1.82, 2.24) is 25.1 Å². The maximum Gasteiger partial charge on any atom is 0.263 e. The van der Waals surface area contributed by atoms with Gasteiger partial charge in [0.2, 0.25) is 5.95 Å². The van der Waals surface area contributed by atoms with E-state index >= 15 is 0 Å². The molecule has 1 aliphatic rings. The molecule has 3 aromatic heterocycles. The van der Waals surface area contributed by atoms with Gasteiger partial charge in [0.05, 0.1) is 11.8 Å². The third kappa shape index (κ3) is 3.20. The summed E-state index contributed by atoms with van der Waals surface area (Å²) in [5.41, 5.74) is 0.960. The number of hydrogen-bond donors (Lipinski definition) is 2. The summed E-state index contributed by atoms with van der Waals surface area (Å²) < 4.78 is 7.02. The third-order valence-electron chi connectivity index (χ3n) is 5.00. The van der Waals surface area contributed by atoms with Crippen LogP contribution in [-0.2, 0) is 7.05 Å². The number of rotatable bonds is 3. The van der Waals surface area contributed by atoms with Crippen LogP contribution in [0.4, 0.5) is 5.95 Å². The van der Waals surface area contributed by atoms with Crippen LogP contribution in [-0.4, -0.2) is 44.8 Å². The number of amides is 1. The SMILES string of the molecule is Cc1cc(C(=O)NC2CCN(c3nc4c(cnn4C)c(=O)[nH]3)CC2)c(C)o1. The number of nitrogens with zero attached hydrogens (tertiary/aromatic N) is 4. The number of aromatic nitrogens is 4. The molecule has 9 heteroatoms. The van der Waals surface area contributed by atoms with Gasteiger partial charge in [0.25, 0.3) is 11.5 Å². The van der Waals surface area contributed by atoms with E-state index in [2.05, 4.69) is 20.4 Å². The van der Waals surface area contributed by atoms with E-state index in [1.165, 1.54) is 6.20 Å². The second-order valence-corrected chi connectivity index (χ2v) is 6.96. The van der Waals surface area contributed by atoms with Crippen molar-refractivity contribution in [3.05, 3.63) is 39.7 Å². The fraction of sp³-hybridized carbons (Fsp3) is 0.444. The fourth-order valence-corrected chi connectivity index (χ4v) is 3.53. The Kier molecular flexibility index (Phi) is 4.21. The number of H-pyrrole nitrogens is 1. The lowest BCUT2D eigenvalue weighted by Gasteiger charge is -2.32. The number of aromatic amines is 1. The van der Waals surface area contributed by atoms with Gasteiger partial charge in [-0.05, 0) is 32.8 Å². The number of aryl methyl sites for hydroxylation is 3. The van der Waals surface area contributed by atoms with Gasteiger partial charge in [-0.3, -0.25) is 19.3 Å². The molecule has 0 atom stereocenters. The van der Waals surface area contributed by atoms with Crippen molar-refractivity contribution < 1.29 is 9.21 Å². The molecule has 2 N–H and O–H groups in total. The van der Waals surface area contributed by atoms with Crippen LogP contribution in [0, 0.1) is 13.8 Å². The number of nitrogens with one attached hydrogen (secondary N) is 2. The topological polar surface area (TPSA) is 109 Å². The van der Waals surface area contributed by atoms with Crippen LogP contribution in [0.1, 0.15) is 34.7 Å². The molecular formula is C18H22N6O3. The summed E-state index contributed by atoms with van der Waals surface area (Å²) in [4.78, 5) is 34.1. The van der Waals surface area contributed by atoms with E-state index in [9.17, 15) is 9.59 Å². The van der Waals surface area contributed by atoms with Gasteiger partial charge >= 0.3 is 0 Å². The van der Waals surface area contributed by atoms with Crippen molar-refractivity contribution in [2.75, 3.05) is 18.0 Å². The molecule has 4 rings (SSSR count). The molecule has 1 aliphatic heterocycles. The van der Waals surface area contributed by atoms with Crippen molar-refractivity contribution in [1.29, 1.82) is 0 Å². The van der Waals surface area contributed by atoms with Gasteiger partial charge < -0.3 is 14.6 Å². The number of carbonyl (C=O) groups excluding carboxylic acids is 1. The summed E-state index contributed by atoms with van der Waals surface area (Å²) in [5.74, 6) is 1.80. The van der Waals surface area contributed by atoms with Crippen LogP contribution in [0.2, 0.25) is 0 Å². The Morgan fingerprint density at radius 2 is 2.07 bits per heavy atom. The van der Waals surface area contributed by atoms with Gasteiger partial charge in [0.15, 0.2) is 5.65 Å². The lowest BCUT2D eigenvalue weighted by Crippen LogP contribution is -2.45. The summed E-state index contributed by atoms with van der Waals surface area (Å²) in [7, 11) is 1.76. The zero-order valence-corrected chi connectivity index (χ0v) is 15.6. The number of hydrogen-bond acceptors (Lipinski definition) is 6. The molecule has 142 valence electrons. The first-order valence-corrected chi connectivity index (χ1v) is 8.97. The highest BCUT2D eigenvalue weighted by Gasteiger charge is 2.24. The van der Waals surface area contributed by atoms with Gasteiger partial charge in [0.1, 0.15) is 16.9 Å². The Labute approximate surface area is 155 Å². The average Bonchev–Trinajstić information content (AvgIpc) is 3.18. The fourth-order valence-electron chi connectivity index (χ4n) is 3.53. The van der Waals surface area contributed by atoms with Gasteiger partial charge in [0, 0.05) is 26.2 Å². The van der Waals surface area contributed by atoms with Crippen LogP contribution >= 0.6 is 0 Å². The Hall–Kier alpha value is -3.10. The smallest absolute Gasteiger partial charge is 0.263 e. The highest BCUT2D eigenvalue weighted by atomic mass is 16.3. The molecule has 0 spiro atoms. The molecule has 27 heavy (non-hydrogen) atoms. The monoisotopic (exact) mass is 370 g/mol. The molecular weight excluding hydrogens is 348 g/mol. The number of fused-ring (bicyclic) bond motifs is 1. The summed E-state index contributed by atoms with van der Waals surface area (Å²) in [6, 6.07) is 1.84. The van der Waals surface area contributed by atoms with E-state index in [1.54, 1.807) is 24.7 Å².